The van der Waals surface area contributed by atoms with Crippen molar-refractivity contribution in [2.24, 2.45) is 5.10 Å². The summed E-state index contributed by atoms with van der Waals surface area (Å²) in [5.41, 5.74) is 3.61. The van der Waals surface area contributed by atoms with Crippen molar-refractivity contribution in [2.45, 2.75) is 13.0 Å². The Morgan fingerprint density at radius 3 is 3.04 bits per heavy atom. The summed E-state index contributed by atoms with van der Waals surface area (Å²) in [6, 6.07) is 4.57. The van der Waals surface area contributed by atoms with Gasteiger partial charge < -0.3 is 20.4 Å². The van der Waals surface area contributed by atoms with E-state index in [0.717, 1.165) is 0 Å². The Hall–Kier alpha value is -2.84. The molecule has 1 atom stereocenters. The molecule has 0 aromatic heterocycles. The maximum atomic E-state index is 14.4. The van der Waals surface area contributed by atoms with Gasteiger partial charge >= 0.3 is 6.09 Å². The summed E-state index contributed by atoms with van der Waals surface area (Å²) >= 11 is 0. The predicted octanol–water partition coefficient (Wildman–Crippen LogP) is 0.640. The van der Waals surface area contributed by atoms with E-state index in [9.17, 15) is 14.0 Å². The molecule has 1 unspecified atom stereocenters. The third-order valence-corrected chi connectivity index (χ3v) is 3.76. The lowest BCUT2D eigenvalue weighted by Gasteiger charge is -2.24. The van der Waals surface area contributed by atoms with Gasteiger partial charge in [0.25, 0.3) is 0 Å². The molecular formula is C15H18FN5O3. The van der Waals surface area contributed by atoms with Gasteiger partial charge in [0, 0.05) is 13.5 Å². The van der Waals surface area contributed by atoms with Gasteiger partial charge in [-0.05, 0) is 18.2 Å². The van der Waals surface area contributed by atoms with Crippen LogP contribution in [0.5, 0.6) is 0 Å². The van der Waals surface area contributed by atoms with E-state index in [0.29, 0.717) is 24.5 Å². The van der Waals surface area contributed by atoms with E-state index in [-0.39, 0.29) is 19.0 Å². The molecule has 0 aliphatic carbocycles. The Bertz CT molecular complexity index is 681. The molecule has 1 fully saturated rings. The fourth-order valence-corrected chi connectivity index (χ4v) is 2.58. The van der Waals surface area contributed by atoms with Gasteiger partial charge in [0.15, 0.2) is 0 Å². The second-order valence-electron chi connectivity index (χ2n) is 5.54. The number of benzene rings is 1. The predicted molar refractivity (Wildman–Crippen MR) is 86.5 cm³/mol. The maximum absolute atomic E-state index is 14.4. The highest BCUT2D eigenvalue weighted by Crippen LogP contribution is 2.27. The first kappa shape index (κ1) is 16.0. The number of anilines is 2. The van der Waals surface area contributed by atoms with Crippen LogP contribution in [0.2, 0.25) is 0 Å². The zero-order valence-corrected chi connectivity index (χ0v) is 13.2. The summed E-state index contributed by atoms with van der Waals surface area (Å²) in [5, 5.41) is 6.50. The number of carbonyl (C=O) groups excluding carboxylic acids is 2. The molecule has 3 rings (SSSR count). The lowest BCUT2D eigenvalue weighted by Crippen LogP contribution is -2.35. The zero-order valence-electron chi connectivity index (χ0n) is 13.2. The smallest absolute Gasteiger partial charge is 0.414 e. The molecule has 24 heavy (non-hydrogen) atoms. The van der Waals surface area contributed by atoms with Gasteiger partial charge in [-0.25, -0.2) is 9.18 Å². The average Bonchev–Trinajstić information content (AvgIpc) is 2.94. The van der Waals surface area contributed by atoms with Crippen molar-refractivity contribution in [1.82, 2.24) is 10.7 Å². The van der Waals surface area contributed by atoms with E-state index >= 15 is 0 Å². The number of cyclic esters (lactones) is 1. The van der Waals surface area contributed by atoms with E-state index in [2.05, 4.69) is 15.8 Å². The lowest BCUT2D eigenvalue weighted by atomic mass is 10.2. The molecule has 2 aliphatic heterocycles. The maximum Gasteiger partial charge on any atom is 0.414 e. The molecule has 1 aromatic rings. The van der Waals surface area contributed by atoms with Crippen molar-refractivity contribution in [2.75, 3.05) is 36.0 Å². The standard InChI is InChI=1S/C15H18FN5O3/c1-10(22)17-7-12-8-21(15(23)24-12)11-2-3-14(13(16)6-11)20-5-4-18-19-9-20/h2-3,6,9,12,18H,4-5,7-8H2,1H3,(H,17,22). The van der Waals surface area contributed by atoms with E-state index in [1.807, 2.05) is 0 Å². The minimum Gasteiger partial charge on any atom is -0.442 e. The van der Waals surface area contributed by atoms with Crippen LogP contribution in [0.25, 0.3) is 0 Å². The fraction of sp³-hybridized carbons (Fsp3) is 0.400. The summed E-state index contributed by atoms with van der Waals surface area (Å²) < 4.78 is 19.6. The number of nitrogens with one attached hydrogen (secondary N) is 2. The van der Waals surface area contributed by atoms with Crippen LogP contribution < -0.4 is 20.5 Å². The number of nitrogens with zero attached hydrogens (tertiary/aromatic N) is 3. The highest BCUT2D eigenvalue weighted by molar-refractivity contribution is 5.90. The Morgan fingerprint density at radius 2 is 2.38 bits per heavy atom. The van der Waals surface area contributed by atoms with Gasteiger partial charge in [-0.3, -0.25) is 9.69 Å². The summed E-state index contributed by atoms with van der Waals surface area (Å²) in [7, 11) is 0. The van der Waals surface area contributed by atoms with Gasteiger partial charge in [0.05, 0.1) is 31.0 Å². The van der Waals surface area contributed by atoms with Crippen molar-refractivity contribution in [3.05, 3.63) is 24.0 Å². The van der Waals surface area contributed by atoms with E-state index in [4.69, 9.17) is 4.74 Å². The lowest BCUT2D eigenvalue weighted by molar-refractivity contribution is -0.119. The third kappa shape index (κ3) is 3.39. The molecule has 128 valence electrons. The first-order valence-electron chi connectivity index (χ1n) is 7.59. The Balaban J connectivity index is 1.72. The summed E-state index contributed by atoms with van der Waals surface area (Å²) in [6.45, 7) is 3.11. The fourth-order valence-electron chi connectivity index (χ4n) is 2.58. The monoisotopic (exact) mass is 335 g/mol. The van der Waals surface area contributed by atoms with Gasteiger partial charge in [-0.2, -0.15) is 5.10 Å². The Morgan fingerprint density at radius 1 is 1.54 bits per heavy atom. The highest BCUT2D eigenvalue weighted by atomic mass is 19.1. The molecule has 2 heterocycles. The Labute approximate surface area is 138 Å². The van der Waals surface area contributed by atoms with Crippen LogP contribution in [-0.2, 0) is 9.53 Å². The number of rotatable bonds is 4. The van der Waals surface area contributed by atoms with E-state index in [1.165, 1.54) is 24.2 Å². The normalized spacial score (nSPS) is 19.9. The molecule has 2 amide bonds. The molecule has 9 heteroatoms. The second kappa shape index (κ2) is 6.73. The Kier molecular flexibility index (Phi) is 4.50. The molecule has 0 bridgehead atoms. The van der Waals surface area contributed by atoms with Crippen LogP contribution in [0.4, 0.5) is 20.6 Å². The molecule has 2 N–H and O–H groups in total. The first-order chi connectivity index (χ1) is 11.5. The van der Waals surface area contributed by atoms with E-state index in [1.54, 1.807) is 17.0 Å². The van der Waals surface area contributed by atoms with Crippen LogP contribution in [0, 0.1) is 5.82 Å². The number of hydrogen-bond acceptors (Lipinski definition) is 6. The molecule has 8 nitrogen and oxygen atoms in total. The van der Waals surface area contributed by atoms with Gasteiger partial charge in [-0.1, -0.05) is 0 Å². The van der Waals surface area contributed by atoms with Gasteiger partial charge in [-0.15, -0.1) is 0 Å². The number of hydrazone groups is 1. The zero-order chi connectivity index (χ0) is 17.1. The largest absolute Gasteiger partial charge is 0.442 e. The quantitative estimate of drug-likeness (QED) is 0.843. The van der Waals surface area contributed by atoms with Gasteiger partial charge in [0.2, 0.25) is 5.91 Å². The summed E-state index contributed by atoms with van der Waals surface area (Å²) in [5.74, 6) is -0.642. The third-order valence-electron chi connectivity index (χ3n) is 3.76. The van der Waals surface area contributed by atoms with Crippen molar-refractivity contribution in [1.29, 1.82) is 0 Å². The van der Waals surface area contributed by atoms with Crippen molar-refractivity contribution in [3.63, 3.8) is 0 Å². The minimum atomic E-state index is -0.554. The van der Waals surface area contributed by atoms with Crippen molar-refractivity contribution >= 4 is 29.7 Å². The summed E-state index contributed by atoms with van der Waals surface area (Å²) in [6.07, 6.45) is 0.514. The molecule has 0 radical (unpaired) electrons. The molecule has 2 aliphatic rings. The number of hydrogen-bond donors (Lipinski definition) is 2. The van der Waals surface area contributed by atoms with Crippen molar-refractivity contribution in [3.8, 4) is 0 Å². The number of ether oxygens (including phenoxy) is 1. The topological polar surface area (TPSA) is 86.3 Å². The second-order valence-corrected chi connectivity index (χ2v) is 5.54. The van der Waals surface area contributed by atoms with Gasteiger partial charge in [0.1, 0.15) is 18.3 Å². The molecule has 0 spiro atoms. The first-order valence-corrected chi connectivity index (χ1v) is 7.59. The molecule has 1 aromatic carbocycles. The molecule has 1 saturated heterocycles. The van der Waals surface area contributed by atoms with E-state index < -0.39 is 18.0 Å². The number of amides is 2. The number of carbonyl (C=O) groups is 2. The minimum absolute atomic E-state index is 0.197. The van der Waals surface area contributed by atoms with Crippen LogP contribution >= 0.6 is 0 Å². The molecular weight excluding hydrogens is 317 g/mol. The SMILES string of the molecule is CC(=O)NCC1CN(c2ccc(N3C=NNCC3)c(F)c2)C(=O)O1. The van der Waals surface area contributed by atoms with Crippen LogP contribution in [0.3, 0.4) is 0 Å². The highest BCUT2D eigenvalue weighted by Gasteiger charge is 2.32. The van der Waals surface area contributed by atoms with Crippen LogP contribution in [0.1, 0.15) is 6.92 Å². The van der Waals surface area contributed by atoms with Crippen LogP contribution in [-0.4, -0.2) is 50.6 Å². The number of halogens is 1. The van der Waals surface area contributed by atoms with Crippen LogP contribution in [0.15, 0.2) is 23.3 Å². The summed E-state index contributed by atoms with van der Waals surface area (Å²) in [4.78, 5) is 25.9. The van der Waals surface area contributed by atoms with Crippen molar-refractivity contribution < 1.29 is 18.7 Å². The average molecular weight is 335 g/mol. The molecule has 0 saturated carbocycles.